The van der Waals surface area contributed by atoms with Gasteiger partial charge in [0.25, 0.3) is 0 Å². The van der Waals surface area contributed by atoms with Gasteiger partial charge in [-0.05, 0) is 48.9 Å². The normalized spacial score (nSPS) is 13.9. The fourth-order valence-electron chi connectivity index (χ4n) is 3.00. The van der Waals surface area contributed by atoms with Crippen LogP contribution < -0.4 is 20.3 Å². The average molecular weight is 421 g/mol. The molecule has 1 aliphatic rings. The Morgan fingerprint density at radius 2 is 1.60 bits per heavy atom. The van der Waals surface area contributed by atoms with Gasteiger partial charge in [-0.1, -0.05) is 0 Å². The summed E-state index contributed by atoms with van der Waals surface area (Å²) in [5.74, 6) is -1.70. The van der Waals surface area contributed by atoms with E-state index in [1.807, 2.05) is 0 Å². The van der Waals surface area contributed by atoms with Gasteiger partial charge in [0.15, 0.2) is 0 Å². The van der Waals surface area contributed by atoms with Gasteiger partial charge in [-0.2, -0.15) is 13.2 Å². The minimum Gasteiger partial charge on any atom is -0.495 e. The van der Waals surface area contributed by atoms with Crippen molar-refractivity contribution in [1.82, 2.24) is 0 Å². The van der Waals surface area contributed by atoms with E-state index >= 15 is 0 Å². The summed E-state index contributed by atoms with van der Waals surface area (Å²) < 4.78 is 43.0. The molecule has 1 saturated heterocycles. The summed E-state index contributed by atoms with van der Waals surface area (Å²) in [7, 11) is 1.45. The first-order valence-electron chi connectivity index (χ1n) is 8.97. The molecule has 3 amide bonds. The Morgan fingerprint density at radius 3 is 2.13 bits per heavy atom. The summed E-state index contributed by atoms with van der Waals surface area (Å²) in [6.45, 7) is 0.515. The number of nitrogens with one attached hydrogen (secondary N) is 2. The first kappa shape index (κ1) is 21.2. The third-order valence-electron chi connectivity index (χ3n) is 4.48. The van der Waals surface area contributed by atoms with Crippen LogP contribution in [0.15, 0.2) is 42.5 Å². The molecule has 10 heteroatoms. The topological polar surface area (TPSA) is 87.7 Å². The van der Waals surface area contributed by atoms with E-state index in [0.29, 0.717) is 30.8 Å². The molecule has 30 heavy (non-hydrogen) atoms. The zero-order chi connectivity index (χ0) is 21.9. The van der Waals surface area contributed by atoms with Crippen LogP contribution in [0.4, 0.5) is 30.2 Å². The van der Waals surface area contributed by atoms with E-state index in [4.69, 9.17) is 4.74 Å². The Morgan fingerprint density at radius 1 is 1.00 bits per heavy atom. The molecule has 2 aromatic carbocycles. The fourth-order valence-corrected chi connectivity index (χ4v) is 3.00. The molecule has 1 heterocycles. The van der Waals surface area contributed by atoms with Crippen LogP contribution in [0.1, 0.15) is 18.4 Å². The number of nitrogens with zero attached hydrogens (tertiary/aromatic N) is 1. The zero-order valence-electron chi connectivity index (χ0n) is 15.9. The van der Waals surface area contributed by atoms with Gasteiger partial charge >= 0.3 is 18.0 Å². The highest BCUT2D eigenvalue weighted by Gasteiger charge is 2.30. The molecule has 0 atom stereocenters. The molecule has 7 nitrogen and oxygen atoms in total. The number of benzene rings is 2. The largest absolute Gasteiger partial charge is 0.495 e. The lowest BCUT2D eigenvalue weighted by molar-refractivity contribution is -0.137. The van der Waals surface area contributed by atoms with Crippen molar-refractivity contribution in [3.05, 3.63) is 48.0 Å². The molecule has 0 aliphatic carbocycles. The number of hydrogen-bond donors (Lipinski definition) is 2. The Balaban J connectivity index is 1.69. The standard InChI is InChI=1S/C20H18F3N3O4/c1-30-16-9-8-14(11-15(16)26-10-2-3-17(26)27)25-19(29)18(28)24-13-6-4-12(5-7-13)20(21,22)23/h4-9,11H,2-3,10H2,1H3,(H,24,28)(H,25,29). The second-order valence-corrected chi connectivity index (χ2v) is 6.52. The van der Waals surface area contributed by atoms with Gasteiger partial charge in [-0.15, -0.1) is 0 Å². The van der Waals surface area contributed by atoms with Crippen LogP contribution in [0.25, 0.3) is 0 Å². The predicted octanol–water partition coefficient (Wildman–Crippen LogP) is 3.42. The van der Waals surface area contributed by atoms with Gasteiger partial charge in [0.05, 0.1) is 18.4 Å². The Bertz CT molecular complexity index is 974. The molecule has 0 bridgehead atoms. The number of anilines is 3. The first-order chi connectivity index (χ1) is 14.2. The number of halogens is 3. The summed E-state index contributed by atoms with van der Waals surface area (Å²) >= 11 is 0. The number of carbonyl (C=O) groups excluding carboxylic acids is 3. The molecule has 2 aromatic rings. The van der Waals surface area contributed by atoms with Gasteiger partial charge in [-0.25, -0.2) is 0 Å². The smallest absolute Gasteiger partial charge is 0.416 e. The molecular weight excluding hydrogens is 403 g/mol. The van der Waals surface area contributed by atoms with Gasteiger partial charge < -0.3 is 20.3 Å². The number of hydrogen-bond acceptors (Lipinski definition) is 4. The van der Waals surface area contributed by atoms with E-state index in [-0.39, 0.29) is 17.3 Å². The van der Waals surface area contributed by atoms with Crippen LogP contribution in [0.2, 0.25) is 0 Å². The summed E-state index contributed by atoms with van der Waals surface area (Å²) in [4.78, 5) is 37.8. The maximum absolute atomic E-state index is 12.6. The van der Waals surface area contributed by atoms with Crippen molar-refractivity contribution in [3.63, 3.8) is 0 Å². The maximum Gasteiger partial charge on any atom is 0.416 e. The highest BCUT2D eigenvalue weighted by Crippen LogP contribution is 2.34. The van der Waals surface area contributed by atoms with Crippen LogP contribution in [-0.2, 0) is 20.6 Å². The molecular formula is C20H18F3N3O4. The van der Waals surface area contributed by atoms with Crippen molar-refractivity contribution < 1.29 is 32.3 Å². The van der Waals surface area contributed by atoms with Crippen molar-refractivity contribution in [2.75, 3.05) is 29.2 Å². The molecule has 0 saturated carbocycles. The highest BCUT2D eigenvalue weighted by atomic mass is 19.4. The van der Waals surface area contributed by atoms with E-state index in [0.717, 1.165) is 24.3 Å². The van der Waals surface area contributed by atoms with Gasteiger partial charge in [0.2, 0.25) is 5.91 Å². The number of rotatable bonds is 4. The second kappa shape index (κ2) is 8.44. The molecule has 158 valence electrons. The Kier molecular flexibility index (Phi) is 5.95. The van der Waals surface area contributed by atoms with Crippen molar-refractivity contribution in [1.29, 1.82) is 0 Å². The zero-order valence-corrected chi connectivity index (χ0v) is 15.9. The highest BCUT2D eigenvalue weighted by molar-refractivity contribution is 6.43. The van der Waals surface area contributed by atoms with E-state index in [9.17, 15) is 27.6 Å². The van der Waals surface area contributed by atoms with Crippen LogP contribution in [0.3, 0.4) is 0 Å². The van der Waals surface area contributed by atoms with Crippen molar-refractivity contribution in [2.24, 2.45) is 0 Å². The Hall–Kier alpha value is -3.56. The molecule has 1 fully saturated rings. The van der Waals surface area contributed by atoms with Gasteiger partial charge in [0.1, 0.15) is 5.75 Å². The lowest BCUT2D eigenvalue weighted by Gasteiger charge is -2.20. The number of ether oxygens (including phenoxy) is 1. The summed E-state index contributed by atoms with van der Waals surface area (Å²) in [5, 5.41) is 4.64. The van der Waals surface area contributed by atoms with Gasteiger partial charge in [0, 0.05) is 24.3 Å². The molecule has 0 spiro atoms. The predicted molar refractivity (Wildman–Crippen MR) is 103 cm³/mol. The molecule has 0 radical (unpaired) electrons. The quantitative estimate of drug-likeness (QED) is 0.741. The molecule has 0 aromatic heterocycles. The Labute approximate surface area is 169 Å². The summed E-state index contributed by atoms with van der Waals surface area (Å²) in [6, 6.07) is 8.30. The summed E-state index contributed by atoms with van der Waals surface area (Å²) in [6.07, 6.45) is -3.38. The third kappa shape index (κ3) is 4.70. The third-order valence-corrected chi connectivity index (χ3v) is 4.48. The number of amides is 3. The first-order valence-corrected chi connectivity index (χ1v) is 8.97. The SMILES string of the molecule is COc1ccc(NC(=O)C(=O)Nc2ccc(C(F)(F)F)cc2)cc1N1CCCC1=O. The van der Waals surface area contributed by atoms with Crippen molar-refractivity contribution in [3.8, 4) is 5.75 Å². The van der Waals surface area contributed by atoms with Crippen LogP contribution >= 0.6 is 0 Å². The van der Waals surface area contributed by atoms with E-state index in [1.54, 1.807) is 6.07 Å². The van der Waals surface area contributed by atoms with Crippen LogP contribution in [0, 0.1) is 0 Å². The number of methoxy groups -OCH3 is 1. The molecule has 0 unspecified atom stereocenters. The molecule has 1 aliphatic heterocycles. The van der Waals surface area contributed by atoms with Crippen LogP contribution in [0.5, 0.6) is 5.75 Å². The van der Waals surface area contributed by atoms with Crippen molar-refractivity contribution >= 4 is 34.8 Å². The minimum atomic E-state index is -4.50. The van der Waals surface area contributed by atoms with E-state index < -0.39 is 23.6 Å². The minimum absolute atomic E-state index is 0.0428. The van der Waals surface area contributed by atoms with Crippen LogP contribution in [-0.4, -0.2) is 31.4 Å². The van der Waals surface area contributed by atoms with Gasteiger partial charge in [-0.3, -0.25) is 14.4 Å². The second-order valence-electron chi connectivity index (χ2n) is 6.52. The molecule has 2 N–H and O–H groups in total. The average Bonchev–Trinajstić information content (AvgIpc) is 3.13. The number of alkyl halides is 3. The van der Waals surface area contributed by atoms with Crippen molar-refractivity contribution in [2.45, 2.75) is 19.0 Å². The lowest BCUT2D eigenvalue weighted by atomic mass is 10.2. The monoisotopic (exact) mass is 421 g/mol. The fraction of sp³-hybridized carbons (Fsp3) is 0.250. The van der Waals surface area contributed by atoms with E-state index in [1.165, 1.54) is 24.1 Å². The summed E-state index contributed by atoms with van der Waals surface area (Å²) in [5.41, 5.74) is -0.0903. The maximum atomic E-state index is 12.6. The molecule has 3 rings (SSSR count). The lowest BCUT2D eigenvalue weighted by Crippen LogP contribution is -2.29. The number of carbonyl (C=O) groups is 3. The van der Waals surface area contributed by atoms with E-state index in [2.05, 4.69) is 10.6 Å².